The third kappa shape index (κ3) is 4.44. The monoisotopic (exact) mass is 372 g/mol. The second-order valence-corrected chi connectivity index (χ2v) is 6.82. The van der Waals surface area contributed by atoms with Gasteiger partial charge in [0.25, 0.3) is 15.9 Å². The van der Waals surface area contributed by atoms with Gasteiger partial charge in [-0.2, -0.15) is 0 Å². The average Bonchev–Trinajstić information content (AvgIpc) is 2.54. The Morgan fingerprint density at radius 1 is 1.17 bits per heavy atom. The van der Waals surface area contributed by atoms with Crippen LogP contribution in [0.3, 0.4) is 0 Å². The standard InChI is InChI=1S/C15H14ClFN2O4S/c16-14-6-5-12(9-13(14)15(21)18-7-8-20)24(22,23)19-11-3-1-10(17)2-4-11/h1-6,9,19-20H,7-8H2,(H,18,21). The van der Waals surface area contributed by atoms with Gasteiger partial charge in [0, 0.05) is 12.2 Å². The number of hydrogen-bond donors (Lipinski definition) is 3. The number of aliphatic hydroxyl groups is 1. The molecule has 1 amide bonds. The fourth-order valence-electron chi connectivity index (χ4n) is 1.84. The number of rotatable bonds is 6. The van der Waals surface area contributed by atoms with Crippen LogP contribution in [0.1, 0.15) is 10.4 Å². The number of carbonyl (C=O) groups excluding carboxylic acids is 1. The first-order valence-corrected chi connectivity index (χ1v) is 8.66. The second-order valence-electron chi connectivity index (χ2n) is 4.73. The number of carbonyl (C=O) groups is 1. The van der Waals surface area contributed by atoms with Crippen LogP contribution < -0.4 is 10.0 Å². The molecule has 0 saturated carbocycles. The normalized spacial score (nSPS) is 11.1. The van der Waals surface area contributed by atoms with Crippen LogP contribution in [0.15, 0.2) is 47.4 Å². The van der Waals surface area contributed by atoms with E-state index in [1.807, 2.05) is 0 Å². The third-order valence-electron chi connectivity index (χ3n) is 2.99. The van der Waals surface area contributed by atoms with Crippen LogP contribution in [0, 0.1) is 5.82 Å². The molecule has 3 N–H and O–H groups in total. The molecule has 0 bridgehead atoms. The lowest BCUT2D eigenvalue weighted by molar-refractivity contribution is 0.0944. The van der Waals surface area contributed by atoms with Crippen LogP contribution in [0.5, 0.6) is 0 Å². The molecule has 0 aromatic heterocycles. The van der Waals surface area contributed by atoms with Crippen LogP contribution in [0.2, 0.25) is 5.02 Å². The van der Waals surface area contributed by atoms with E-state index in [1.165, 1.54) is 24.3 Å². The maximum Gasteiger partial charge on any atom is 0.261 e. The van der Waals surface area contributed by atoms with E-state index in [-0.39, 0.29) is 34.3 Å². The highest BCUT2D eigenvalue weighted by molar-refractivity contribution is 7.92. The van der Waals surface area contributed by atoms with Gasteiger partial charge in [0.15, 0.2) is 0 Å². The summed E-state index contributed by atoms with van der Waals surface area (Å²) >= 11 is 5.92. The summed E-state index contributed by atoms with van der Waals surface area (Å²) in [5.74, 6) is -1.10. The van der Waals surface area contributed by atoms with Gasteiger partial charge < -0.3 is 10.4 Å². The van der Waals surface area contributed by atoms with Crippen molar-refractivity contribution in [3.63, 3.8) is 0 Å². The summed E-state index contributed by atoms with van der Waals surface area (Å²) < 4.78 is 39.9. The average molecular weight is 373 g/mol. The van der Waals surface area contributed by atoms with E-state index in [2.05, 4.69) is 10.0 Å². The highest BCUT2D eigenvalue weighted by Gasteiger charge is 2.19. The van der Waals surface area contributed by atoms with Crippen molar-refractivity contribution in [2.24, 2.45) is 0 Å². The van der Waals surface area contributed by atoms with E-state index in [1.54, 1.807) is 0 Å². The van der Waals surface area contributed by atoms with Gasteiger partial charge in [-0.15, -0.1) is 0 Å². The summed E-state index contributed by atoms with van der Waals surface area (Å²) in [5, 5.41) is 11.2. The van der Waals surface area contributed by atoms with Crippen molar-refractivity contribution in [3.05, 3.63) is 58.9 Å². The molecule has 0 aliphatic carbocycles. The third-order valence-corrected chi connectivity index (χ3v) is 4.70. The van der Waals surface area contributed by atoms with Gasteiger partial charge in [0.05, 0.1) is 22.1 Å². The molecular formula is C15H14ClFN2O4S. The van der Waals surface area contributed by atoms with Crippen LogP contribution in [-0.2, 0) is 10.0 Å². The minimum absolute atomic E-state index is 0.0139. The predicted molar refractivity (Wildman–Crippen MR) is 88.1 cm³/mol. The molecule has 0 unspecified atom stereocenters. The molecule has 0 spiro atoms. The fourth-order valence-corrected chi connectivity index (χ4v) is 3.13. The highest BCUT2D eigenvalue weighted by atomic mass is 35.5. The van der Waals surface area contributed by atoms with Crippen molar-refractivity contribution in [2.45, 2.75) is 4.90 Å². The number of benzene rings is 2. The molecule has 0 fully saturated rings. The summed E-state index contributed by atoms with van der Waals surface area (Å²) in [5.41, 5.74) is 0.143. The zero-order valence-corrected chi connectivity index (χ0v) is 13.9. The van der Waals surface area contributed by atoms with Gasteiger partial charge >= 0.3 is 0 Å². The maximum atomic E-state index is 12.9. The number of sulfonamides is 1. The van der Waals surface area contributed by atoms with Crippen molar-refractivity contribution in [3.8, 4) is 0 Å². The smallest absolute Gasteiger partial charge is 0.261 e. The van der Waals surface area contributed by atoms with Crippen LogP contribution >= 0.6 is 11.6 Å². The number of halogens is 2. The maximum absolute atomic E-state index is 12.9. The van der Waals surface area contributed by atoms with Crippen molar-refractivity contribution < 1.29 is 22.7 Å². The Morgan fingerprint density at radius 2 is 1.83 bits per heavy atom. The molecule has 2 rings (SSSR count). The zero-order valence-electron chi connectivity index (χ0n) is 12.3. The highest BCUT2D eigenvalue weighted by Crippen LogP contribution is 2.22. The Balaban J connectivity index is 2.30. The molecule has 2 aromatic rings. The van der Waals surface area contributed by atoms with E-state index < -0.39 is 21.7 Å². The van der Waals surface area contributed by atoms with E-state index in [4.69, 9.17) is 16.7 Å². The van der Waals surface area contributed by atoms with Crippen molar-refractivity contribution >= 4 is 33.2 Å². The molecule has 128 valence electrons. The Kier molecular flexibility index (Phi) is 5.76. The molecule has 0 aliphatic heterocycles. The SMILES string of the molecule is O=C(NCCO)c1cc(S(=O)(=O)Nc2ccc(F)cc2)ccc1Cl. The van der Waals surface area contributed by atoms with Crippen LogP contribution in [0.25, 0.3) is 0 Å². The lowest BCUT2D eigenvalue weighted by Crippen LogP contribution is -2.27. The number of aliphatic hydroxyl groups excluding tert-OH is 1. The molecule has 2 aromatic carbocycles. The summed E-state index contributed by atoms with van der Waals surface area (Å²) in [4.78, 5) is 11.8. The lowest BCUT2D eigenvalue weighted by Gasteiger charge is -2.11. The molecular weight excluding hydrogens is 359 g/mol. The van der Waals surface area contributed by atoms with Crippen molar-refractivity contribution in [1.29, 1.82) is 0 Å². The first-order valence-electron chi connectivity index (χ1n) is 6.80. The van der Waals surface area contributed by atoms with E-state index in [0.717, 1.165) is 18.2 Å². The van der Waals surface area contributed by atoms with E-state index >= 15 is 0 Å². The van der Waals surface area contributed by atoms with Gasteiger partial charge in [-0.3, -0.25) is 9.52 Å². The minimum Gasteiger partial charge on any atom is -0.395 e. The Hall–Kier alpha value is -2.16. The van der Waals surface area contributed by atoms with Gasteiger partial charge in [0.2, 0.25) is 0 Å². The predicted octanol–water partition coefficient (Wildman–Crippen LogP) is 2.00. The first-order chi connectivity index (χ1) is 11.3. The molecule has 6 nitrogen and oxygen atoms in total. The summed E-state index contributed by atoms with van der Waals surface area (Å²) in [6.45, 7) is -0.243. The molecule has 9 heteroatoms. The van der Waals surface area contributed by atoms with E-state index in [0.29, 0.717) is 0 Å². The summed E-state index contributed by atoms with van der Waals surface area (Å²) in [6.07, 6.45) is 0. The number of nitrogens with one attached hydrogen (secondary N) is 2. The van der Waals surface area contributed by atoms with Crippen molar-refractivity contribution in [1.82, 2.24) is 5.32 Å². The number of amides is 1. The zero-order chi connectivity index (χ0) is 17.7. The summed E-state index contributed by atoms with van der Waals surface area (Å²) in [6, 6.07) is 8.45. The largest absolute Gasteiger partial charge is 0.395 e. The summed E-state index contributed by atoms with van der Waals surface area (Å²) in [7, 11) is -3.98. The van der Waals surface area contributed by atoms with Crippen molar-refractivity contribution in [2.75, 3.05) is 17.9 Å². The second kappa shape index (κ2) is 7.61. The fraction of sp³-hybridized carbons (Fsp3) is 0.133. The van der Waals surface area contributed by atoms with Gasteiger partial charge in [-0.05, 0) is 42.5 Å². The molecule has 0 atom stereocenters. The number of hydrogen-bond acceptors (Lipinski definition) is 4. The Labute approximate surface area is 143 Å². The van der Waals surface area contributed by atoms with Crippen LogP contribution in [-0.4, -0.2) is 32.6 Å². The molecule has 0 saturated heterocycles. The Morgan fingerprint density at radius 3 is 2.46 bits per heavy atom. The first kappa shape index (κ1) is 18.2. The van der Waals surface area contributed by atoms with Gasteiger partial charge in [-0.1, -0.05) is 11.6 Å². The molecule has 24 heavy (non-hydrogen) atoms. The lowest BCUT2D eigenvalue weighted by atomic mass is 10.2. The molecule has 0 aliphatic rings. The topological polar surface area (TPSA) is 95.5 Å². The van der Waals surface area contributed by atoms with Gasteiger partial charge in [0.1, 0.15) is 5.82 Å². The quantitative estimate of drug-likeness (QED) is 0.722. The van der Waals surface area contributed by atoms with E-state index in [9.17, 15) is 17.6 Å². The molecule has 0 radical (unpaired) electrons. The number of anilines is 1. The van der Waals surface area contributed by atoms with Crippen LogP contribution in [0.4, 0.5) is 10.1 Å². The Bertz CT molecular complexity index is 841. The minimum atomic E-state index is -3.98. The molecule has 0 heterocycles. The van der Waals surface area contributed by atoms with Gasteiger partial charge in [-0.25, -0.2) is 12.8 Å².